The fourth-order valence-electron chi connectivity index (χ4n) is 3.35. The van der Waals surface area contributed by atoms with Crippen molar-refractivity contribution >= 4 is 58.2 Å². The predicted molar refractivity (Wildman–Crippen MR) is 164 cm³/mol. The molecule has 10 heteroatoms. The van der Waals surface area contributed by atoms with E-state index in [1.165, 1.54) is 35.7 Å². The standard InChI is InChI=1S/C27H16F2N2S2.2CH4N.H2S.Sn.H/c28-26-13-22(9-11-24(26)20-5-1-18(15-30)2-6-20)32-17-33-23-10-12-25(27(29)14-23)21-7-3-19(16-31)4-8-21;2*1-2;;;/h1-14H,17H2;2*1-2H2;1H2;;/q;;;;+1;/p-1. The van der Waals surface area contributed by atoms with E-state index >= 15 is 0 Å². The summed E-state index contributed by atoms with van der Waals surface area (Å²) in [6, 6.07) is 27.9. The molecular formula is C29H26F2N4S3Sn. The third-order valence-corrected chi connectivity index (χ3v) is 9.34. The number of hydrogen-bond donors (Lipinski definition) is 2. The molecule has 0 radical (unpaired) electrons. The molecule has 4 rings (SSSR count). The van der Waals surface area contributed by atoms with Gasteiger partial charge in [0, 0.05) is 26.0 Å². The molecule has 39 heavy (non-hydrogen) atoms. The normalized spacial score (nSPS) is 9.79. The minimum atomic E-state index is -0.364. The summed E-state index contributed by atoms with van der Waals surface area (Å²) in [6.07, 6.45) is 0. The van der Waals surface area contributed by atoms with E-state index in [9.17, 15) is 8.78 Å². The molecular weight excluding hydrogens is 657 g/mol. The van der Waals surface area contributed by atoms with Crippen LogP contribution in [-0.2, 0) is 13.5 Å². The van der Waals surface area contributed by atoms with Gasteiger partial charge in [-0.25, -0.2) is 8.78 Å². The maximum absolute atomic E-state index is 14.6. The van der Waals surface area contributed by atoms with Crippen molar-refractivity contribution in [3.63, 3.8) is 0 Å². The van der Waals surface area contributed by atoms with Crippen molar-refractivity contribution in [3.05, 3.63) is 108 Å². The van der Waals surface area contributed by atoms with E-state index in [2.05, 4.69) is 12.1 Å². The fourth-order valence-corrected chi connectivity index (χ4v) is 5.93. The van der Waals surface area contributed by atoms with Gasteiger partial charge in [0.25, 0.3) is 0 Å². The zero-order valence-corrected chi connectivity index (χ0v) is 26.7. The molecule has 4 aromatic carbocycles. The number of nitrogens with zero attached hydrogens (tertiary/aromatic N) is 2. The molecule has 4 nitrogen and oxygen atoms in total. The molecule has 0 fully saturated rings. The molecule has 0 aromatic heterocycles. The van der Waals surface area contributed by atoms with Gasteiger partial charge >= 0.3 is 41.7 Å². The maximum atomic E-state index is 14.6. The van der Waals surface area contributed by atoms with Gasteiger partial charge in [0.1, 0.15) is 11.6 Å². The predicted octanol–water partition coefficient (Wildman–Crippen LogP) is 5.87. The van der Waals surface area contributed by atoms with Crippen molar-refractivity contribution in [3.8, 4) is 34.4 Å². The van der Waals surface area contributed by atoms with Gasteiger partial charge in [-0.05, 0) is 59.7 Å². The SMILES string of the molecule is N#Cc1ccc(-c2ccc(SCSc3ccc(-c4ccc(C#N)cc4)c(F)c3)cc2F)cc1.N[CH2][SnH+][CH2]N.[SH-]. The molecule has 4 N–H and O–H groups in total. The summed E-state index contributed by atoms with van der Waals surface area (Å²) >= 11 is 2.59. The fraction of sp³-hybridized carbons (Fsp3) is 0.103. The number of nitriles is 2. The summed E-state index contributed by atoms with van der Waals surface area (Å²) in [7, 11) is 0. The zero-order chi connectivity index (χ0) is 27.3. The van der Waals surface area contributed by atoms with Crippen LogP contribution >= 0.6 is 23.5 Å². The first-order chi connectivity index (χ1) is 18.5. The molecule has 0 saturated carbocycles. The molecule has 0 heterocycles. The first-order valence-corrected chi connectivity index (χ1v) is 18.2. The Morgan fingerprint density at radius 1 is 0.641 bits per heavy atom. The molecule has 0 amide bonds. The number of thioether (sulfide) groups is 2. The zero-order valence-electron chi connectivity index (χ0n) is 20.9. The second-order valence-electron chi connectivity index (χ2n) is 7.83. The third kappa shape index (κ3) is 9.87. The minimum Gasteiger partial charge on any atom is -0.813 e. The smallest absolute Gasteiger partial charge is 0.813 e. The van der Waals surface area contributed by atoms with Crippen molar-refractivity contribution < 1.29 is 8.78 Å². The Balaban J connectivity index is 0.000000816. The van der Waals surface area contributed by atoms with Gasteiger partial charge in [0.15, 0.2) is 0 Å². The third-order valence-electron chi connectivity index (χ3n) is 5.32. The van der Waals surface area contributed by atoms with Crippen molar-refractivity contribution in [2.75, 3.05) is 14.2 Å². The first kappa shape index (κ1) is 32.7. The van der Waals surface area contributed by atoms with Crippen LogP contribution in [0, 0.1) is 34.3 Å². The second kappa shape index (κ2) is 17.2. The van der Waals surface area contributed by atoms with Gasteiger partial charge in [0.2, 0.25) is 0 Å². The molecule has 0 saturated heterocycles. The summed E-state index contributed by atoms with van der Waals surface area (Å²) in [5.41, 5.74) is 13.8. The van der Waals surface area contributed by atoms with Crippen LogP contribution in [-0.4, -0.2) is 35.3 Å². The Labute approximate surface area is 253 Å². The van der Waals surface area contributed by atoms with Crippen LogP contribution in [0.15, 0.2) is 94.7 Å². The minimum absolute atomic E-state index is 0. The summed E-state index contributed by atoms with van der Waals surface area (Å²) in [5, 5.41) is 18.4. The average molecular weight is 683 g/mol. The van der Waals surface area contributed by atoms with Gasteiger partial charge in [-0.15, -0.1) is 23.5 Å². The Hall–Kier alpha value is -2.51. The van der Waals surface area contributed by atoms with E-state index in [-0.39, 0.29) is 46.3 Å². The quantitative estimate of drug-likeness (QED) is 0.0789. The molecule has 0 atom stereocenters. The van der Waals surface area contributed by atoms with Crippen LogP contribution in [0.4, 0.5) is 8.78 Å². The van der Waals surface area contributed by atoms with Gasteiger partial charge < -0.3 is 13.5 Å². The van der Waals surface area contributed by atoms with Crippen LogP contribution in [0.1, 0.15) is 11.1 Å². The number of nitrogens with two attached hydrogens (primary N) is 2. The van der Waals surface area contributed by atoms with Gasteiger partial charge in [0.05, 0.1) is 23.3 Å². The van der Waals surface area contributed by atoms with Crippen LogP contribution in [0.5, 0.6) is 0 Å². The van der Waals surface area contributed by atoms with Crippen LogP contribution in [0.3, 0.4) is 0 Å². The van der Waals surface area contributed by atoms with Gasteiger partial charge in [-0.2, -0.15) is 10.5 Å². The van der Waals surface area contributed by atoms with Gasteiger partial charge in [-0.1, -0.05) is 36.4 Å². The van der Waals surface area contributed by atoms with Crippen LogP contribution in [0.25, 0.3) is 22.3 Å². The number of thiol groups is 1. The average Bonchev–Trinajstić information content (AvgIpc) is 2.94. The molecule has 0 aliphatic carbocycles. The largest absolute Gasteiger partial charge is 0.813 e. The Morgan fingerprint density at radius 2 is 1.03 bits per heavy atom. The van der Waals surface area contributed by atoms with E-state index in [0.29, 0.717) is 27.3 Å². The van der Waals surface area contributed by atoms with Crippen LogP contribution in [0.2, 0.25) is 0 Å². The van der Waals surface area contributed by atoms with E-state index < -0.39 is 0 Å². The Kier molecular flexibility index (Phi) is 14.5. The van der Waals surface area contributed by atoms with Crippen molar-refractivity contribution in [2.45, 2.75) is 9.79 Å². The molecule has 0 aliphatic rings. The molecule has 4 aromatic rings. The second-order valence-corrected chi connectivity index (χ2v) is 14.6. The molecule has 198 valence electrons. The van der Waals surface area contributed by atoms with Gasteiger partial charge in [-0.3, -0.25) is 0 Å². The molecule has 0 unspecified atom stereocenters. The topological polar surface area (TPSA) is 99.6 Å². The molecule has 0 spiro atoms. The Morgan fingerprint density at radius 3 is 1.31 bits per heavy atom. The molecule has 0 bridgehead atoms. The van der Waals surface area contributed by atoms with E-state index in [0.717, 1.165) is 30.0 Å². The summed E-state index contributed by atoms with van der Waals surface area (Å²) < 4.78 is 31.1. The number of halogens is 2. The summed E-state index contributed by atoms with van der Waals surface area (Å²) in [5.74, 6) is -0.653. The molecule has 0 aliphatic heterocycles. The Bertz CT molecular complexity index is 1330. The summed E-state index contributed by atoms with van der Waals surface area (Å²) in [6.45, 7) is 0. The first-order valence-electron chi connectivity index (χ1n) is 11.6. The monoisotopic (exact) mass is 684 g/mol. The van der Waals surface area contributed by atoms with Crippen molar-refractivity contribution in [2.24, 2.45) is 11.5 Å². The van der Waals surface area contributed by atoms with Crippen molar-refractivity contribution in [1.29, 1.82) is 10.5 Å². The van der Waals surface area contributed by atoms with E-state index in [1.54, 1.807) is 60.7 Å². The van der Waals surface area contributed by atoms with E-state index in [1.807, 2.05) is 12.1 Å². The summed E-state index contributed by atoms with van der Waals surface area (Å²) in [4.78, 5) is 1.57. The number of hydrogen-bond acceptors (Lipinski definition) is 7. The number of rotatable bonds is 8. The maximum Gasteiger partial charge on any atom is -0.813 e. The van der Waals surface area contributed by atoms with Crippen molar-refractivity contribution in [1.82, 2.24) is 0 Å². The van der Waals surface area contributed by atoms with Crippen LogP contribution < -0.4 is 11.5 Å². The number of benzene rings is 4. The van der Waals surface area contributed by atoms with E-state index in [4.69, 9.17) is 22.0 Å².